The van der Waals surface area contributed by atoms with Gasteiger partial charge in [0.05, 0.1) is 12.9 Å². The Morgan fingerprint density at radius 3 is 2.85 bits per heavy atom. The molecule has 110 valence electrons. The van der Waals surface area contributed by atoms with Gasteiger partial charge in [0, 0.05) is 31.0 Å². The fourth-order valence-electron chi connectivity index (χ4n) is 1.61. The minimum Gasteiger partial charge on any atom is -0.407 e. The maximum Gasteiger partial charge on any atom is 0.315 e. The van der Waals surface area contributed by atoms with Crippen LogP contribution in [-0.4, -0.2) is 31.8 Å². The third kappa shape index (κ3) is 5.00. The van der Waals surface area contributed by atoms with Gasteiger partial charge in [0.2, 0.25) is 5.89 Å². The molecule has 0 fully saturated rings. The second kappa shape index (κ2) is 6.51. The Morgan fingerprint density at radius 2 is 2.15 bits per heavy atom. The molecular formula is C13H22N6O. The molecule has 2 aromatic rings. The molecule has 0 radical (unpaired) electrons. The predicted octanol–water partition coefficient (Wildman–Crippen LogP) is 1.66. The molecule has 2 aromatic heterocycles. The van der Waals surface area contributed by atoms with E-state index in [1.54, 1.807) is 6.20 Å². The number of imidazole rings is 1. The van der Waals surface area contributed by atoms with Crippen molar-refractivity contribution in [2.75, 3.05) is 11.9 Å². The highest BCUT2D eigenvalue weighted by molar-refractivity contribution is 5.16. The highest BCUT2D eigenvalue weighted by atomic mass is 16.4. The topological polar surface area (TPSA) is 80.8 Å². The first-order valence-electron chi connectivity index (χ1n) is 6.80. The smallest absolute Gasteiger partial charge is 0.315 e. The van der Waals surface area contributed by atoms with E-state index in [-0.39, 0.29) is 5.54 Å². The fourth-order valence-corrected chi connectivity index (χ4v) is 1.61. The van der Waals surface area contributed by atoms with Gasteiger partial charge in [-0.1, -0.05) is 5.10 Å². The summed E-state index contributed by atoms with van der Waals surface area (Å²) in [7, 11) is 0. The number of nitrogens with one attached hydrogen (secondary N) is 2. The van der Waals surface area contributed by atoms with Crippen LogP contribution in [0.2, 0.25) is 0 Å². The Labute approximate surface area is 118 Å². The van der Waals surface area contributed by atoms with Crippen molar-refractivity contribution in [3.05, 3.63) is 24.6 Å². The van der Waals surface area contributed by atoms with E-state index in [0.29, 0.717) is 18.5 Å². The van der Waals surface area contributed by atoms with Gasteiger partial charge in [-0.25, -0.2) is 4.98 Å². The number of aromatic nitrogens is 4. The standard InChI is InChI=1S/C13H22N6O/c1-13(2,3)16-9-11-17-18-12(20-11)15-5-4-7-19-8-6-14-10-19/h6,8,10,16H,4-5,7,9H2,1-3H3,(H,15,18). The first-order valence-corrected chi connectivity index (χ1v) is 6.80. The quantitative estimate of drug-likeness (QED) is 0.750. The van der Waals surface area contributed by atoms with E-state index in [2.05, 4.69) is 46.6 Å². The van der Waals surface area contributed by atoms with Crippen LogP contribution in [0.25, 0.3) is 0 Å². The zero-order valence-corrected chi connectivity index (χ0v) is 12.3. The number of anilines is 1. The normalized spacial score (nSPS) is 11.8. The molecule has 0 aliphatic rings. The van der Waals surface area contributed by atoms with Gasteiger partial charge in [0.1, 0.15) is 0 Å². The fraction of sp³-hybridized carbons (Fsp3) is 0.615. The molecule has 2 heterocycles. The van der Waals surface area contributed by atoms with Gasteiger partial charge < -0.3 is 19.6 Å². The molecule has 7 nitrogen and oxygen atoms in total. The lowest BCUT2D eigenvalue weighted by Gasteiger charge is -2.18. The van der Waals surface area contributed by atoms with Crippen LogP contribution in [0.3, 0.4) is 0 Å². The number of hydrogen-bond acceptors (Lipinski definition) is 6. The molecule has 0 atom stereocenters. The zero-order chi connectivity index (χ0) is 14.4. The molecule has 0 aliphatic heterocycles. The first-order chi connectivity index (χ1) is 9.53. The van der Waals surface area contributed by atoms with E-state index in [1.165, 1.54) is 0 Å². The Bertz CT molecular complexity index is 499. The predicted molar refractivity (Wildman–Crippen MR) is 76.2 cm³/mol. The van der Waals surface area contributed by atoms with Gasteiger partial charge in [0.15, 0.2) is 0 Å². The molecule has 20 heavy (non-hydrogen) atoms. The SMILES string of the molecule is CC(C)(C)NCc1nnc(NCCCn2ccnc2)o1. The molecule has 0 saturated heterocycles. The highest BCUT2D eigenvalue weighted by Crippen LogP contribution is 2.07. The van der Waals surface area contributed by atoms with Crippen molar-refractivity contribution >= 4 is 6.01 Å². The van der Waals surface area contributed by atoms with Gasteiger partial charge in [-0.15, -0.1) is 5.10 Å². The van der Waals surface area contributed by atoms with Gasteiger partial charge in [-0.2, -0.15) is 0 Å². The maximum absolute atomic E-state index is 5.50. The van der Waals surface area contributed by atoms with Crippen molar-refractivity contribution in [3.63, 3.8) is 0 Å². The van der Waals surface area contributed by atoms with Crippen molar-refractivity contribution in [2.24, 2.45) is 0 Å². The molecule has 2 rings (SSSR count). The van der Waals surface area contributed by atoms with Crippen LogP contribution < -0.4 is 10.6 Å². The summed E-state index contributed by atoms with van der Waals surface area (Å²) >= 11 is 0. The van der Waals surface area contributed by atoms with Crippen LogP contribution in [0, 0.1) is 0 Å². The summed E-state index contributed by atoms with van der Waals surface area (Å²) in [6.07, 6.45) is 6.50. The van der Waals surface area contributed by atoms with E-state index >= 15 is 0 Å². The van der Waals surface area contributed by atoms with Gasteiger partial charge in [0.25, 0.3) is 0 Å². The third-order valence-corrected chi connectivity index (χ3v) is 2.67. The summed E-state index contributed by atoms with van der Waals surface area (Å²) in [6, 6.07) is 0.473. The number of rotatable bonds is 7. The molecule has 0 unspecified atom stereocenters. The van der Waals surface area contributed by atoms with Crippen molar-refractivity contribution in [1.82, 2.24) is 25.1 Å². The second-order valence-corrected chi connectivity index (χ2v) is 5.69. The van der Waals surface area contributed by atoms with E-state index in [9.17, 15) is 0 Å². The molecule has 0 spiro atoms. The molecular weight excluding hydrogens is 256 g/mol. The maximum atomic E-state index is 5.50. The monoisotopic (exact) mass is 278 g/mol. The van der Waals surface area contributed by atoms with E-state index in [0.717, 1.165) is 19.5 Å². The summed E-state index contributed by atoms with van der Waals surface area (Å²) in [5.74, 6) is 0.594. The van der Waals surface area contributed by atoms with E-state index < -0.39 is 0 Å². The van der Waals surface area contributed by atoms with Crippen LogP contribution in [-0.2, 0) is 13.1 Å². The van der Waals surface area contributed by atoms with Gasteiger partial charge >= 0.3 is 6.01 Å². The molecule has 0 amide bonds. The van der Waals surface area contributed by atoms with Crippen molar-refractivity contribution < 1.29 is 4.42 Å². The number of nitrogens with zero attached hydrogens (tertiary/aromatic N) is 4. The summed E-state index contributed by atoms with van der Waals surface area (Å²) < 4.78 is 7.54. The van der Waals surface area contributed by atoms with E-state index in [4.69, 9.17) is 4.42 Å². The third-order valence-electron chi connectivity index (χ3n) is 2.67. The lowest BCUT2D eigenvalue weighted by atomic mass is 10.1. The Balaban J connectivity index is 1.67. The summed E-state index contributed by atoms with van der Waals surface area (Å²) in [4.78, 5) is 4.00. The number of hydrogen-bond donors (Lipinski definition) is 2. The Kier molecular flexibility index (Phi) is 4.73. The summed E-state index contributed by atoms with van der Waals surface area (Å²) in [6.45, 7) is 8.56. The van der Waals surface area contributed by atoms with Crippen LogP contribution in [0.5, 0.6) is 0 Å². The van der Waals surface area contributed by atoms with Crippen molar-refractivity contribution in [2.45, 2.75) is 45.8 Å². The van der Waals surface area contributed by atoms with Gasteiger partial charge in [-0.3, -0.25) is 0 Å². The van der Waals surface area contributed by atoms with Crippen LogP contribution in [0.15, 0.2) is 23.1 Å². The zero-order valence-electron chi connectivity index (χ0n) is 12.3. The first kappa shape index (κ1) is 14.5. The molecule has 0 aliphatic carbocycles. The molecule has 2 N–H and O–H groups in total. The number of aryl methyl sites for hydroxylation is 1. The van der Waals surface area contributed by atoms with Crippen LogP contribution in [0.4, 0.5) is 6.01 Å². The molecule has 7 heteroatoms. The largest absolute Gasteiger partial charge is 0.407 e. The molecule has 0 bridgehead atoms. The van der Waals surface area contributed by atoms with Crippen LogP contribution in [0.1, 0.15) is 33.1 Å². The molecule has 0 aromatic carbocycles. The lowest BCUT2D eigenvalue weighted by molar-refractivity contribution is 0.383. The minimum atomic E-state index is 0.0346. The average molecular weight is 278 g/mol. The molecule has 0 saturated carbocycles. The Morgan fingerprint density at radius 1 is 1.30 bits per heavy atom. The van der Waals surface area contributed by atoms with Gasteiger partial charge in [-0.05, 0) is 27.2 Å². The highest BCUT2D eigenvalue weighted by Gasteiger charge is 2.11. The summed E-state index contributed by atoms with van der Waals surface area (Å²) in [5, 5.41) is 14.4. The lowest BCUT2D eigenvalue weighted by Crippen LogP contribution is -2.35. The van der Waals surface area contributed by atoms with Crippen molar-refractivity contribution in [3.8, 4) is 0 Å². The van der Waals surface area contributed by atoms with E-state index in [1.807, 2.05) is 17.1 Å². The van der Waals surface area contributed by atoms with Crippen molar-refractivity contribution in [1.29, 1.82) is 0 Å². The average Bonchev–Trinajstić information content (AvgIpc) is 3.03. The Hall–Kier alpha value is -1.89. The summed E-state index contributed by atoms with van der Waals surface area (Å²) in [5.41, 5.74) is 0.0346. The van der Waals surface area contributed by atoms with Crippen LogP contribution >= 0.6 is 0 Å². The second-order valence-electron chi connectivity index (χ2n) is 5.69. The minimum absolute atomic E-state index is 0.0346.